The Labute approximate surface area is 105 Å². The molecule has 8 heteroatoms. The third-order valence-corrected chi connectivity index (χ3v) is 3.01. The fourth-order valence-corrected chi connectivity index (χ4v) is 2.20. The number of hydroxylamine groups is 1. The fraction of sp³-hybridized carbons (Fsp3) is 0.800. The Morgan fingerprint density at radius 2 is 2.39 bits per heavy atom. The summed E-state index contributed by atoms with van der Waals surface area (Å²) in [5.74, 6) is 0.635. The van der Waals surface area contributed by atoms with E-state index < -0.39 is 0 Å². The molecule has 1 aliphatic rings. The van der Waals surface area contributed by atoms with Crippen LogP contribution in [0.2, 0.25) is 0 Å². The molecule has 2 rings (SSSR count). The smallest absolute Gasteiger partial charge is 0.188 e. The van der Waals surface area contributed by atoms with Crippen LogP contribution < -0.4 is 5.48 Å². The van der Waals surface area contributed by atoms with E-state index in [9.17, 15) is 0 Å². The molecule has 1 saturated heterocycles. The summed E-state index contributed by atoms with van der Waals surface area (Å²) in [6, 6.07) is 2.46. The number of likely N-dealkylation sites (tertiary alicyclic amines) is 1. The number of nitrogens with one attached hydrogen (secondary N) is 1. The predicted molar refractivity (Wildman–Crippen MR) is 61.8 cm³/mol. The molecule has 0 spiro atoms. The molecule has 1 aromatic heterocycles. The summed E-state index contributed by atoms with van der Waals surface area (Å²) in [6.07, 6.45) is 1.74. The second-order valence-corrected chi connectivity index (χ2v) is 4.37. The van der Waals surface area contributed by atoms with E-state index in [4.69, 9.17) is 10.1 Å². The monoisotopic (exact) mass is 251 g/mol. The van der Waals surface area contributed by atoms with E-state index in [0.29, 0.717) is 12.4 Å². The first-order valence-corrected chi connectivity index (χ1v) is 5.88. The van der Waals surface area contributed by atoms with Gasteiger partial charge in [0.1, 0.15) is 0 Å². The average Bonchev–Trinajstić information content (AvgIpc) is 2.76. The normalized spacial score (nSPS) is 24.9. The summed E-state index contributed by atoms with van der Waals surface area (Å²) in [6.45, 7) is 1.28. The number of rotatable bonds is 4. The fourth-order valence-electron chi connectivity index (χ4n) is 2.20. The highest BCUT2D eigenvalue weighted by molar-refractivity contribution is 4.98. The molecule has 0 unspecified atom stereocenters. The molecule has 0 radical (unpaired) electrons. The zero-order valence-corrected chi connectivity index (χ0v) is 10.6. The molecular weight excluding hydrogens is 234 g/mol. The van der Waals surface area contributed by atoms with Gasteiger partial charge in [0.05, 0.1) is 32.8 Å². The second-order valence-electron chi connectivity index (χ2n) is 4.37. The summed E-state index contributed by atoms with van der Waals surface area (Å²) in [5, 5.41) is 21.0. The maximum Gasteiger partial charge on any atom is 0.188 e. The lowest BCUT2D eigenvalue weighted by Crippen LogP contribution is -2.49. The first kappa shape index (κ1) is 12.9. The van der Waals surface area contributed by atoms with Gasteiger partial charge in [-0.15, -0.1) is 10.2 Å². The Morgan fingerprint density at radius 3 is 3.00 bits per heavy atom. The van der Waals surface area contributed by atoms with Gasteiger partial charge in [-0.2, -0.15) is 15.5 Å². The van der Waals surface area contributed by atoms with E-state index in [1.54, 1.807) is 14.2 Å². The van der Waals surface area contributed by atoms with Crippen molar-refractivity contribution in [2.75, 3.05) is 13.7 Å². The molecule has 1 N–H and O–H groups in total. The van der Waals surface area contributed by atoms with Crippen molar-refractivity contribution in [1.29, 1.82) is 5.26 Å². The van der Waals surface area contributed by atoms with Crippen LogP contribution >= 0.6 is 0 Å². The van der Waals surface area contributed by atoms with E-state index >= 15 is 0 Å². The van der Waals surface area contributed by atoms with Crippen LogP contribution in [-0.2, 0) is 18.4 Å². The van der Waals surface area contributed by atoms with Gasteiger partial charge in [0.15, 0.2) is 5.82 Å². The topological polar surface area (TPSA) is 91.9 Å². The van der Waals surface area contributed by atoms with Crippen LogP contribution in [0.15, 0.2) is 0 Å². The Kier molecular flexibility index (Phi) is 4.19. The summed E-state index contributed by atoms with van der Waals surface area (Å²) < 4.78 is 0. The molecule has 0 amide bonds. The molecule has 0 aromatic carbocycles. The van der Waals surface area contributed by atoms with Crippen LogP contribution in [0, 0.1) is 11.3 Å². The number of tetrazole rings is 1. The number of aromatic nitrogens is 4. The molecule has 0 saturated carbocycles. The number of hydrogen-bond donors (Lipinski definition) is 1. The van der Waals surface area contributed by atoms with Gasteiger partial charge >= 0.3 is 0 Å². The molecule has 2 heterocycles. The number of aryl methyl sites for hydroxylation is 1. The number of nitriles is 1. The number of hydrogen-bond acceptors (Lipinski definition) is 7. The van der Waals surface area contributed by atoms with Crippen molar-refractivity contribution in [1.82, 2.24) is 30.6 Å². The summed E-state index contributed by atoms with van der Waals surface area (Å²) in [5.41, 5.74) is 2.94. The van der Waals surface area contributed by atoms with Crippen LogP contribution in [0.5, 0.6) is 0 Å². The van der Waals surface area contributed by atoms with Gasteiger partial charge in [-0.25, -0.2) is 0 Å². The van der Waals surface area contributed by atoms with Crippen molar-refractivity contribution < 1.29 is 4.84 Å². The third kappa shape index (κ3) is 3.01. The molecular formula is C10H17N7O. The first-order chi connectivity index (χ1) is 8.72. The molecule has 0 bridgehead atoms. The molecule has 8 nitrogen and oxygen atoms in total. The lowest BCUT2D eigenvalue weighted by atomic mass is 9.99. The third-order valence-electron chi connectivity index (χ3n) is 3.01. The lowest BCUT2D eigenvalue weighted by molar-refractivity contribution is 0.0209. The highest BCUT2D eigenvalue weighted by Crippen LogP contribution is 2.18. The molecule has 1 aromatic rings. The van der Waals surface area contributed by atoms with E-state index in [0.717, 1.165) is 19.4 Å². The average molecular weight is 251 g/mol. The Hall–Kier alpha value is -1.56. The van der Waals surface area contributed by atoms with Crippen LogP contribution in [0.1, 0.15) is 18.7 Å². The van der Waals surface area contributed by atoms with Gasteiger partial charge in [0.2, 0.25) is 0 Å². The highest BCUT2D eigenvalue weighted by atomic mass is 16.6. The minimum atomic E-state index is -0.0938. The molecule has 18 heavy (non-hydrogen) atoms. The summed E-state index contributed by atoms with van der Waals surface area (Å²) in [4.78, 5) is 8.42. The van der Waals surface area contributed by atoms with Gasteiger partial charge in [-0.3, -0.25) is 4.90 Å². The summed E-state index contributed by atoms with van der Waals surface area (Å²) in [7, 11) is 3.33. The molecule has 0 aliphatic carbocycles. The maximum atomic E-state index is 9.16. The Bertz CT molecular complexity index is 426. The van der Waals surface area contributed by atoms with E-state index in [1.807, 2.05) is 0 Å². The lowest BCUT2D eigenvalue weighted by Gasteiger charge is -2.35. The van der Waals surface area contributed by atoms with Crippen molar-refractivity contribution in [2.24, 2.45) is 7.05 Å². The van der Waals surface area contributed by atoms with Crippen molar-refractivity contribution in [2.45, 2.75) is 31.5 Å². The van der Waals surface area contributed by atoms with Crippen LogP contribution in [-0.4, -0.2) is 50.8 Å². The van der Waals surface area contributed by atoms with Gasteiger partial charge in [-0.1, -0.05) is 0 Å². The zero-order chi connectivity index (χ0) is 13.0. The second kappa shape index (κ2) is 5.86. The SMILES string of the molecule is CON[C@@H]1CC[C@@H](C#N)N(Cc2nnn(C)n2)C1. The Morgan fingerprint density at radius 1 is 1.56 bits per heavy atom. The van der Waals surface area contributed by atoms with Gasteiger partial charge in [0.25, 0.3) is 0 Å². The molecule has 98 valence electrons. The van der Waals surface area contributed by atoms with E-state index in [2.05, 4.69) is 31.9 Å². The Balaban J connectivity index is 2.00. The van der Waals surface area contributed by atoms with Crippen molar-refractivity contribution in [3.63, 3.8) is 0 Å². The number of piperidine rings is 1. The predicted octanol–water partition coefficient (Wildman–Crippen LogP) is -0.782. The largest absolute Gasteiger partial charge is 0.305 e. The van der Waals surface area contributed by atoms with Crippen LogP contribution in [0.4, 0.5) is 0 Å². The highest BCUT2D eigenvalue weighted by Gasteiger charge is 2.29. The maximum absolute atomic E-state index is 9.16. The van der Waals surface area contributed by atoms with Crippen molar-refractivity contribution >= 4 is 0 Å². The summed E-state index contributed by atoms with van der Waals surface area (Å²) >= 11 is 0. The van der Waals surface area contributed by atoms with E-state index in [-0.39, 0.29) is 12.1 Å². The molecule has 1 fully saturated rings. The molecule has 2 atom stereocenters. The van der Waals surface area contributed by atoms with Gasteiger partial charge < -0.3 is 4.84 Å². The quantitative estimate of drug-likeness (QED) is 0.701. The van der Waals surface area contributed by atoms with Gasteiger partial charge in [-0.05, 0) is 18.1 Å². The molecule has 1 aliphatic heterocycles. The van der Waals surface area contributed by atoms with Gasteiger partial charge in [0, 0.05) is 12.6 Å². The van der Waals surface area contributed by atoms with Crippen molar-refractivity contribution in [3.05, 3.63) is 5.82 Å². The standard InChI is InChI=1S/C10H17N7O/c1-16-13-10(12-15-16)7-17-6-8(14-18-2)3-4-9(17)5-11/h8-9,14H,3-4,6-7H2,1-2H3/t8-,9+/m1/s1. The zero-order valence-electron chi connectivity index (χ0n) is 10.6. The minimum Gasteiger partial charge on any atom is -0.305 e. The first-order valence-electron chi connectivity index (χ1n) is 5.88. The minimum absolute atomic E-state index is 0.0938. The number of nitrogens with zero attached hydrogens (tertiary/aromatic N) is 6. The van der Waals surface area contributed by atoms with Crippen molar-refractivity contribution in [3.8, 4) is 6.07 Å². The van der Waals surface area contributed by atoms with Crippen LogP contribution in [0.25, 0.3) is 0 Å². The van der Waals surface area contributed by atoms with Crippen LogP contribution in [0.3, 0.4) is 0 Å². The van der Waals surface area contributed by atoms with E-state index in [1.165, 1.54) is 4.80 Å².